The van der Waals surface area contributed by atoms with Gasteiger partial charge in [0.05, 0.1) is 12.6 Å². The standard InChI is InChI=1S/C13H26N2O2/c1-4-15(10-11-17-3)13(16)12-8-6-5-7-9-14(12)2/h12H,4-11H2,1-3H3/t12-/m0/s1. The molecule has 0 aromatic heterocycles. The number of ether oxygens (including phenoxy) is 1. The maximum absolute atomic E-state index is 12.4. The number of nitrogens with zero attached hydrogens (tertiary/aromatic N) is 2. The van der Waals surface area contributed by atoms with E-state index in [-0.39, 0.29) is 11.9 Å². The van der Waals surface area contributed by atoms with E-state index in [0.717, 1.165) is 19.5 Å². The number of amides is 1. The Bertz CT molecular complexity index is 233. The van der Waals surface area contributed by atoms with Gasteiger partial charge >= 0.3 is 0 Å². The molecule has 1 aliphatic heterocycles. The number of likely N-dealkylation sites (N-methyl/N-ethyl adjacent to an activating group) is 2. The number of hydrogen-bond acceptors (Lipinski definition) is 3. The molecule has 1 heterocycles. The third kappa shape index (κ3) is 4.28. The van der Waals surface area contributed by atoms with E-state index in [4.69, 9.17) is 4.74 Å². The summed E-state index contributed by atoms with van der Waals surface area (Å²) in [6.45, 7) is 5.17. The molecule has 17 heavy (non-hydrogen) atoms. The Morgan fingerprint density at radius 3 is 2.82 bits per heavy atom. The van der Waals surface area contributed by atoms with Crippen molar-refractivity contribution in [3.8, 4) is 0 Å². The fraction of sp³-hybridized carbons (Fsp3) is 0.923. The van der Waals surface area contributed by atoms with Crippen molar-refractivity contribution in [2.75, 3.05) is 40.4 Å². The highest BCUT2D eigenvalue weighted by Gasteiger charge is 2.27. The molecule has 1 amide bonds. The molecule has 4 heteroatoms. The third-order valence-electron chi connectivity index (χ3n) is 3.56. The second-order valence-corrected chi connectivity index (χ2v) is 4.76. The molecule has 100 valence electrons. The summed E-state index contributed by atoms with van der Waals surface area (Å²) < 4.78 is 5.06. The maximum atomic E-state index is 12.4. The maximum Gasteiger partial charge on any atom is 0.239 e. The van der Waals surface area contributed by atoms with Gasteiger partial charge in [0.25, 0.3) is 0 Å². The van der Waals surface area contributed by atoms with Crippen LogP contribution < -0.4 is 0 Å². The predicted octanol–water partition coefficient (Wildman–Crippen LogP) is 1.36. The van der Waals surface area contributed by atoms with Gasteiger partial charge in [0.15, 0.2) is 0 Å². The topological polar surface area (TPSA) is 32.8 Å². The summed E-state index contributed by atoms with van der Waals surface area (Å²) in [5.74, 6) is 0.272. The largest absolute Gasteiger partial charge is 0.383 e. The molecule has 0 unspecified atom stereocenters. The molecular weight excluding hydrogens is 216 g/mol. The van der Waals surface area contributed by atoms with Crippen LogP contribution in [0, 0.1) is 0 Å². The van der Waals surface area contributed by atoms with E-state index in [0.29, 0.717) is 13.2 Å². The van der Waals surface area contributed by atoms with E-state index in [1.54, 1.807) is 7.11 Å². The highest BCUT2D eigenvalue weighted by atomic mass is 16.5. The van der Waals surface area contributed by atoms with Crippen LogP contribution in [0.3, 0.4) is 0 Å². The Kier molecular flexibility index (Phi) is 6.52. The lowest BCUT2D eigenvalue weighted by molar-refractivity contribution is -0.137. The summed E-state index contributed by atoms with van der Waals surface area (Å²) in [7, 11) is 3.74. The lowest BCUT2D eigenvalue weighted by Crippen LogP contribution is -2.47. The van der Waals surface area contributed by atoms with Crippen molar-refractivity contribution >= 4 is 5.91 Å². The van der Waals surface area contributed by atoms with Crippen LogP contribution in [0.1, 0.15) is 32.6 Å². The van der Waals surface area contributed by atoms with Crippen molar-refractivity contribution in [2.45, 2.75) is 38.6 Å². The average Bonchev–Trinajstić information content (AvgIpc) is 2.54. The molecule has 0 bridgehead atoms. The monoisotopic (exact) mass is 242 g/mol. The van der Waals surface area contributed by atoms with Crippen LogP contribution in [0.5, 0.6) is 0 Å². The van der Waals surface area contributed by atoms with Crippen LogP contribution in [0.2, 0.25) is 0 Å². The Morgan fingerprint density at radius 2 is 2.18 bits per heavy atom. The summed E-state index contributed by atoms with van der Waals surface area (Å²) in [6.07, 6.45) is 4.63. The first-order valence-electron chi connectivity index (χ1n) is 6.68. The quantitative estimate of drug-likeness (QED) is 0.729. The molecule has 0 aromatic carbocycles. The zero-order chi connectivity index (χ0) is 12.7. The van der Waals surface area contributed by atoms with Crippen molar-refractivity contribution in [3.05, 3.63) is 0 Å². The van der Waals surface area contributed by atoms with E-state index in [1.807, 2.05) is 11.8 Å². The van der Waals surface area contributed by atoms with Crippen molar-refractivity contribution in [1.29, 1.82) is 0 Å². The predicted molar refractivity (Wildman–Crippen MR) is 69.0 cm³/mol. The molecule has 1 saturated heterocycles. The van der Waals surface area contributed by atoms with Gasteiger partial charge in [0, 0.05) is 20.2 Å². The summed E-state index contributed by atoms with van der Waals surface area (Å²) in [6, 6.07) is 0.0781. The first-order chi connectivity index (χ1) is 8.20. The molecule has 4 nitrogen and oxygen atoms in total. The molecule has 0 aliphatic carbocycles. The number of carbonyl (C=O) groups is 1. The number of likely N-dealkylation sites (tertiary alicyclic amines) is 1. The molecule has 1 fully saturated rings. The minimum atomic E-state index is 0.0781. The summed E-state index contributed by atoms with van der Waals surface area (Å²) in [5.41, 5.74) is 0. The van der Waals surface area contributed by atoms with E-state index in [2.05, 4.69) is 11.9 Å². The highest BCUT2D eigenvalue weighted by molar-refractivity contribution is 5.81. The minimum absolute atomic E-state index is 0.0781. The summed E-state index contributed by atoms with van der Waals surface area (Å²) in [4.78, 5) is 16.6. The third-order valence-corrected chi connectivity index (χ3v) is 3.56. The summed E-state index contributed by atoms with van der Waals surface area (Å²) >= 11 is 0. The Balaban J connectivity index is 2.57. The molecule has 0 radical (unpaired) electrons. The summed E-state index contributed by atoms with van der Waals surface area (Å²) in [5, 5.41) is 0. The normalized spacial score (nSPS) is 22.2. The Morgan fingerprint density at radius 1 is 1.41 bits per heavy atom. The van der Waals surface area contributed by atoms with Gasteiger partial charge in [-0.15, -0.1) is 0 Å². The van der Waals surface area contributed by atoms with Crippen LogP contribution in [-0.4, -0.2) is 62.1 Å². The molecule has 1 aliphatic rings. The van der Waals surface area contributed by atoms with Crippen LogP contribution in [0.25, 0.3) is 0 Å². The molecule has 0 N–H and O–H groups in total. The Labute approximate surface area is 105 Å². The fourth-order valence-electron chi connectivity index (χ4n) is 2.40. The lowest BCUT2D eigenvalue weighted by atomic mass is 10.1. The second kappa shape index (κ2) is 7.67. The van der Waals surface area contributed by atoms with Crippen LogP contribution in [0.4, 0.5) is 0 Å². The highest BCUT2D eigenvalue weighted by Crippen LogP contribution is 2.17. The van der Waals surface area contributed by atoms with Gasteiger partial charge < -0.3 is 9.64 Å². The second-order valence-electron chi connectivity index (χ2n) is 4.76. The number of hydrogen-bond donors (Lipinski definition) is 0. The average molecular weight is 242 g/mol. The molecule has 1 rings (SSSR count). The van der Waals surface area contributed by atoms with E-state index in [1.165, 1.54) is 19.3 Å². The number of methoxy groups -OCH3 is 1. The molecule has 1 atom stereocenters. The first kappa shape index (κ1) is 14.5. The van der Waals surface area contributed by atoms with Crippen LogP contribution in [0.15, 0.2) is 0 Å². The molecule has 0 saturated carbocycles. The van der Waals surface area contributed by atoms with Gasteiger partial charge in [-0.2, -0.15) is 0 Å². The van der Waals surface area contributed by atoms with Crippen LogP contribution >= 0.6 is 0 Å². The Hall–Kier alpha value is -0.610. The van der Waals surface area contributed by atoms with Gasteiger partial charge in [-0.1, -0.05) is 12.8 Å². The molecular formula is C13H26N2O2. The van der Waals surface area contributed by atoms with E-state index < -0.39 is 0 Å². The number of rotatable bonds is 5. The minimum Gasteiger partial charge on any atom is -0.383 e. The van der Waals surface area contributed by atoms with Gasteiger partial charge in [0.1, 0.15) is 0 Å². The zero-order valence-corrected chi connectivity index (χ0v) is 11.4. The van der Waals surface area contributed by atoms with Gasteiger partial charge in [-0.25, -0.2) is 0 Å². The van der Waals surface area contributed by atoms with Crippen molar-refractivity contribution in [3.63, 3.8) is 0 Å². The number of carbonyl (C=O) groups excluding carboxylic acids is 1. The zero-order valence-electron chi connectivity index (χ0n) is 11.4. The molecule has 0 spiro atoms. The molecule has 0 aromatic rings. The van der Waals surface area contributed by atoms with E-state index in [9.17, 15) is 4.79 Å². The first-order valence-corrected chi connectivity index (χ1v) is 6.68. The van der Waals surface area contributed by atoms with Gasteiger partial charge in [-0.3, -0.25) is 9.69 Å². The lowest BCUT2D eigenvalue weighted by Gasteiger charge is -2.30. The van der Waals surface area contributed by atoms with Crippen molar-refractivity contribution in [2.24, 2.45) is 0 Å². The van der Waals surface area contributed by atoms with Crippen molar-refractivity contribution < 1.29 is 9.53 Å². The van der Waals surface area contributed by atoms with Gasteiger partial charge in [0.2, 0.25) is 5.91 Å². The van der Waals surface area contributed by atoms with E-state index >= 15 is 0 Å². The van der Waals surface area contributed by atoms with Crippen molar-refractivity contribution in [1.82, 2.24) is 9.80 Å². The SMILES string of the molecule is CCN(CCOC)C(=O)[C@@H]1CCCCCN1C. The fourth-order valence-corrected chi connectivity index (χ4v) is 2.40. The van der Waals surface area contributed by atoms with Gasteiger partial charge in [-0.05, 0) is 33.4 Å². The smallest absolute Gasteiger partial charge is 0.239 e. The van der Waals surface area contributed by atoms with Crippen LogP contribution in [-0.2, 0) is 9.53 Å².